The first-order valence-electron chi connectivity index (χ1n) is 9.31. The van der Waals surface area contributed by atoms with E-state index in [9.17, 15) is 18.0 Å². The smallest absolute Gasteiger partial charge is 0.406 e. The highest BCUT2D eigenvalue weighted by atomic mass is 127. The molecule has 1 aliphatic rings. The number of hydrogen-bond donors (Lipinski definition) is 2. The van der Waals surface area contributed by atoms with Crippen molar-refractivity contribution in [1.82, 2.24) is 15.5 Å². The molecular formula is C19H28F3IN4O2. The van der Waals surface area contributed by atoms with Gasteiger partial charge in [-0.1, -0.05) is 12.1 Å². The van der Waals surface area contributed by atoms with Crippen LogP contribution in [0.3, 0.4) is 0 Å². The van der Waals surface area contributed by atoms with Gasteiger partial charge in [0.1, 0.15) is 5.75 Å². The van der Waals surface area contributed by atoms with Gasteiger partial charge in [-0.2, -0.15) is 0 Å². The van der Waals surface area contributed by atoms with Crippen LogP contribution in [-0.2, 0) is 11.2 Å². The SMILES string of the molecule is CN=C(NCCc1ccc(OC(F)(F)F)cc1)N1CCC(CC(=O)NC)CC1.I. The van der Waals surface area contributed by atoms with E-state index in [4.69, 9.17) is 0 Å². The number of rotatable bonds is 6. The molecule has 6 nitrogen and oxygen atoms in total. The molecule has 1 saturated heterocycles. The molecule has 0 aliphatic carbocycles. The van der Waals surface area contributed by atoms with E-state index in [1.54, 1.807) is 26.2 Å². The fraction of sp³-hybridized carbons (Fsp3) is 0.579. The van der Waals surface area contributed by atoms with Crippen LogP contribution in [0.4, 0.5) is 13.2 Å². The van der Waals surface area contributed by atoms with E-state index in [0.717, 1.165) is 37.5 Å². The number of aliphatic imine (C=N–C) groups is 1. The van der Waals surface area contributed by atoms with Crippen molar-refractivity contribution < 1.29 is 22.7 Å². The van der Waals surface area contributed by atoms with Crippen molar-refractivity contribution in [3.05, 3.63) is 29.8 Å². The van der Waals surface area contributed by atoms with Crippen molar-refractivity contribution in [1.29, 1.82) is 0 Å². The topological polar surface area (TPSA) is 66.0 Å². The fourth-order valence-corrected chi connectivity index (χ4v) is 3.22. The predicted octanol–water partition coefficient (Wildman–Crippen LogP) is 3.17. The van der Waals surface area contributed by atoms with Gasteiger partial charge in [-0.05, 0) is 42.9 Å². The van der Waals surface area contributed by atoms with Gasteiger partial charge < -0.3 is 20.3 Å². The second kappa shape index (κ2) is 12.1. The standard InChI is InChI=1S/C19H27F3N4O2.HI/c1-23-17(27)13-15-8-11-26(12-9-15)18(24-2)25-10-7-14-3-5-16(6-4-14)28-19(20,21)22;/h3-6,15H,7-13H2,1-2H3,(H,23,27)(H,24,25);1H. The molecule has 1 fully saturated rings. The van der Waals surface area contributed by atoms with Crippen LogP contribution < -0.4 is 15.4 Å². The Kier molecular flexibility index (Phi) is 10.5. The Bertz CT molecular complexity index is 660. The van der Waals surface area contributed by atoms with Gasteiger partial charge in [-0.25, -0.2) is 0 Å². The number of amides is 1. The summed E-state index contributed by atoms with van der Waals surface area (Å²) < 4.78 is 40.4. The number of nitrogens with zero attached hydrogens (tertiary/aromatic N) is 2. The Morgan fingerprint density at radius 1 is 1.24 bits per heavy atom. The normalized spacial score (nSPS) is 15.5. The van der Waals surface area contributed by atoms with Crippen LogP contribution in [0.5, 0.6) is 5.75 Å². The number of halogens is 4. The lowest BCUT2D eigenvalue weighted by Crippen LogP contribution is -2.46. The maximum Gasteiger partial charge on any atom is 0.573 e. The molecule has 0 bridgehead atoms. The van der Waals surface area contributed by atoms with Crippen LogP contribution in [0.2, 0.25) is 0 Å². The van der Waals surface area contributed by atoms with E-state index >= 15 is 0 Å². The third-order valence-electron chi connectivity index (χ3n) is 4.73. The van der Waals surface area contributed by atoms with E-state index < -0.39 is 6.36 Å². The Morgan fingerprint density at radius 2 is 1.86 bits per heavy atom. The minimum Gasteiger partial charge on any atom is -0.406 e. The summed E-state index contributed by atoms with van der Waals surface area (Å²) in [6.45, 7) is 2.29. The first kappa shape index (κ1) is 25.3. The summed E-state index contributed by atoms with van der Waals surface area (Å²) in [7, 11) is 3.38. The molecule has 1 aromatic carbocycles. The van der Waals surface area contributed by atoms with Gasteiger partial charge in [-0.3, -0.25) is 9.79 Å². The molecule has 10 heteroatoms. The highest BCUT2D eigenvalue weighted by Gasteiger charge is 2.31. The monoisotopic (exact) mass is 528 g/mol. The highest BCUT2D eigenvalue weighted by molar-refractivity contribution is 14.0. The molecule has 1 amide bonds. The average molecular weight is 528 g/mol. The number of hydrogen-bond acceptors (Lipinski definition) is 3. The van der Waals surface area contributed by atoms with Gasteiger partial charge in [0.25, 0.3) is 0 Å². The van der Waals surface area contributed by atoms with Gasteiger partial charge >= 0.3 is 6.36 Å². The van der Waals surface area contributed by atoms with Crippen molar-refractivity contribution in [3.8, 4) is 5.75 Å². The van der Waals surface area contributed by atoms with Crippen molar-refractivity contribution in [2.24, 2.45) is 10.9 Å². The number of nitrogens with one attached hydrogen (secondary N) is 2. The van der Waals surface area contributed by atoms with Crippen LogP contribution in [0, 0.1) is 5.92 Å². The Balaban J connectivity index is 0.00000420. The Morgan fingerprint density at radius 3 is 2.38 bits per heavy atom. The molecule has 164 valence electrons. The van der Waals surface area contributed by atoms with Gasteiger partial charge in [0.05, 0.1) is 0 Å². The van der Waals surface area contributed by atoms with Crippen LogP contribution in [0.25, 0.3) is 0 Å². The first-order chi connectivity index (χ1) is 13.3. The fourth-order valence-electron chi connectivity index (χ4n) is 3.22. The zero-order chi connectivity index (χ0) is 20.6. The van der Waals surface area contributed by atoms with Crippen LogP contribution in [-0.4, -0.2) is 56.9 Å². The summed E-state index contributed by atoms with van der Waals surface area (Å²) in [6.07, 6.45) is -1.59. The molecule has 0 unspecified atom stereocenters. The molecule has 29 heavy (non-hydrogen) atoms. The molecule has 1 heterocycles. The van der Waals surface area contributed by atoms with E-state index in [1.165, 1.54) is 12.1 Å². The van der Waals surface area contributed by atoms with Crippen LogP contribution >= 0.6 is 24.0 Å². The summed E-state index contributed by atoms with van der Waals surface area (Å²) in [5.41, 5.74) is 0.904. The molecule has 0 radical (unpaired) electrons. The number of carbonyl (C=O) groups excluding carboxylic acids is 1. The molecule has 0 spiro atoms. The Labute approximate surface area is 186 Å². The highest BCUT2D eigenvalue weighted by Crippen LogP contribution is 2.23. The zero-order valence-electron chi connectivity index (χ0n) is 16.6. The maximum atomic E-state index is 12.2. The van der Waals surface area contributed by atoms with E-state index in [0.29, 0.717) is 25.3 Å². The van der Waals surface area contributed by atoms with Crippen molar-refractivity contribution >= 4 is 35.8 Å². The van der Waals surface area contributed by atoms with Gasteiger partial charge in [0, 0.05) is 40.2 Å². The van der Waals surface area contributed by atoms with Crippen molar-refractivity contribution in [3.63, 3.8) is 0 Å². The number of alkyl halides is 3. The number of benzene rings is 1. The minimum absolute atomic E-state index is 0. The minimum atomic E-state index is -4.68. The summed E-state index contributed by atoms with van der Waals surface area (Å²) in [5, 5.41) is 5.96. The first-order valence-corrected chi connectivity index (χ1v) is 9.31. The van der Waals surface area contributed by atoms with Crippen molar-refractivity contribution in [2.75, 3.05) is 33.7 Å². The second-order valence-electron chi connectivity index (χ2n) is 6.72. The van der Waals surface area contributed by atoms with Crippen molar-refractivity contribution in [2.45, 2.75) is 32.0 Å². The van der Waals surface area contributed by atoms with Crippen LogP contribution in [0.15, 0.2) is 29.3 Å². The molecule has 2 N–H and O–H groups in total. The lowest BCUT2D eigenvalue weighted by atomic mass is 9.93. The largest absolute Gasteiger partial charge is 0.573 e. The van der Waals surface area contributed by atoms with E-state index in [-0.39, 0.29) is 35.6 Å². The number of likely N-dealkylation sites (tertiary alicyclic amines) is 1. The van der Waals surface area contributed by atoms with Gasteiger partial charge in [-0.15, -0.1) is 37.1 Å². The zero-order valence-corrected chi connectivity index (χ0v) is 18.9. The van der Waals surface area contributed by atoms with Gasteiger partial charge in [0.2, 0.25) is 5.91 Å². The second-order valence-corrected chi connectivity index (χ2v) is 6.72. The molecule has 0 aromatic heterocycles. The maximum absolute atomic E-state index is 12.2. The predicted molar refractivity (Wildman–Crippen MR) is 117 cm³/mol. The molecule has 0 atom stereocenters. The number of ether oxygens (including phenoxy) is 1. The van der Waals surface area contributed by atoms with Gasteiger partial charge in [0.15, 0.2) is 5.96 Å². The average Bonchev–Trinajstić information content (AvgIpc) is 2.66. The quantitative estimate of drug-likeness (QED) is 0.339. The third-order valence-corrected chi connectivity index (χ3v) is 4.73. The summed E-state index contributed by atoms with van der Waals surface area (Å²) in [5.74, 6) is 1.05. The third kappa shape index (κ3) is 9.09. The summed E-state index contributed by atoms with van der Waals surface area (Å²) in [4.78, 5) is 18.0. The lowest BCUT2D eigenvalue weighted by Gasteiger charge is -2.34. The molecule has 1 aromatic rings. The number of carbonyl (C=O) groups is 1. The van der Waals surface area contributed by atoms with E-state index in [2.05, 4.69) is 25.3 Å². The molecule has 2 rings (SSSR count). The number of piperidine rings is 1. The molecular weight excluding hydrogens is 500 g/mol. The number of guanidine groups is 1. The Hall–Kier alpha value is -1.72. The van der Waals surface area contributed by atoms with E-state index in [1.807, 2.05) is 0 Å². The lowest BCUT2D eigenvalue weighted by molar-refractivity contribution is -0.274. The summed E-state index contributed by atoms with van der Waals surface area (Å²) in [6, 6.07) is 5.87. The summed E-state index contributed by atoms with van der Waals surface area (Å²) >= 11 is 0. The van der Waals surface area contributed by atoms with Crippen LogP contribution in [0.1, 0.15) is 24.8 Å². The molecule has 0 saturated carbocycles. The molecule has 1 aliphatic heterocycles.